The van der Waals surface area contributed by atoms with Crippen LogP contribution in [-0.2, 0) is 0 Å². The first-order valence-electron chi connectivity index (χ1n) is 5.47. The standard InChI is InChI=1S/C13H9BrN2O4/c14-9-2-1-5-15-11(9)12(18)16-7-3-4-10(17)8(6-7)13(19)20/h1-6,17H,(H,16,18)(H,19,20). The number of carboxylic acids is 1. The first-order chi connectivity index (χ1) is 9.49. The van der Waals surface area contributed by atoms with Gasteiger partial charge in [0.05, 0.1) is 0 Å². The van der Waals surface area contributed by atoms with Gasteiger partial charge in [0.25, 0.3) is 5.91 Å². The van der Waals surface area contributed by atoms with Crippen LogP contribution in [0.3, 0.4) is 0 Å². The quantitative estimate of drug-likeness (QED) is 0.748. The molecule has 0 unspecified atom stereocenters. The van der Waals surface area contributed by atoms with Crippen LogP contribution in [0.2, 0.25) is 0 Å². The van der Waals surface area contributed by atoms with Crippen molar-refractivity contribution in [3.63, 3.8) is 0 Å². The van der Waals surface area contributed by atoms with Crippen LogP contribution in [0.1, 0.15) is 20.8 Å². The van der Waals surface area contributed by atoms with E-state index in [-0.39, 0.29) is 22.7 Å². The van der Waals surface area contributed by atoms with Gasteiger partial charge in [0, 0.05) is 16.4 Å². The maximum atomic E-state index is 12.0. The van der Waals surface area contributed by atoms with Crippen molar-refractivity contribution in [2.45, 2.75) is 0 Å². The Hall–Kier alpha value is -2.41. The molecule has 102 valence electrons. The fourth-order valence-corrected chi connectivity index (χ4v) is 1.96. The largest absolute Gasteiger partial charge is 0.507 e. The number of carboxylic acid groups (broad SMARTS) is 1. The fraction of sp³-hybridized carbons (Fsp3) is 0. The zero-order valence-corrected chi connectivity index (χ0v) is 11.6. The van der Waals surface area contributed by atoms with Gasteiger partial charge in [0.15, 0.2) is 0 Å². The topological polar surface area (TPSA) is 99.5 Å². The van der Waals surface area contributed by atoms with Gasteiger partial charge in [-0.2, -0.15) is 0 Å². The van der Waals surface area contributed by atoms with Crippen molar-refractivity contribution in [3.8, 4) is 5.75 Å². The molecule has 0 bridgehead atoms. The second kappa shape index (κ2) is 5.70. The Labute approximate surface area is 122 Å². The Morgan fingerprint density at radius 2 is 2.00 bits per heavy atom. The van der Waals surface area contributed by atoms with Crippen LogP contribution in [0.4, 0.5) is 5.69 Å². The van der Waals surface area contributed by atoms with Crippen molar-refractivity contribution in [1.82, 2.24) is 4.98 Å². The highest BCUT2D eigenvalue weighted by Crippen LogP contribution is 2.22. The molecule has 0 fully saturated rings. The lowest BCUT2D eigenvalue weighted by molar-refractivity contribution is 0.0693. The molecule has 0 atom stereocenters. The molecule has 2 aromatic rings. The van der Waals surface area contributed by atoms with Crippen molar-refractivity contribution in [2.75, 3.05) is 5.32 Å². The summed E-state index contributed by atoms with van der Waals surface area (Å²) in [5, 5.41) is 20.8. The summed E-state index contributed by atoms with van der Waals surface area (Å²) in [6.45, 7) is 0. The summed E-state index contributed by atoms with van der Waals surface area (Å²) in [5.41, 5.74) is 0.142. The summed E-state index contributed by atoms with van der Waals surface area (Å²) in [6.07, 6.45) is 1.47. The number of aromatic carboxylic acids is 1. The molecule has 1 aromatic carbocycles. The smallest absolute Gasteiger partial charge is 0.339 e. The normalized spacial score (nSPS) is 10.1. The second-order valence-corrected chi connectivity index (χ2v) is 4.68. The van der Waals surface area contributed by atoms with E-state index in [0.717, 1.165) is 0 Å². The van der Waals surface area contributed by atoms with Crippen molar-refractivity contribution >= 4 is 33.5 Å². The van der Waals surface area contributed by atoms with E-state index in [2.05, 4.69) is 26.2 Å². The number of pyridine rings is 1. The average molecular weight is 337 g/mol. The van der Waals surface area contributed by atoms with E-state index in [4.69, 9.17) is 5.11 Å². The summed E-state index contributed by atoms with van der Waals surface area (Å²) in [6, 6.07) is 7.11. The van der Waals surface area contributed by atoms with E-state index in [1.165, 1.54) is 24.4 Å². The number of halogens is 1. The second-order valence-electron chi connectivity index (χ2n) is 3.83. The minimum atomic E-state index is -1.28. The molecule has 1 heterocycles. The van der Waals surface area contributed by atoms with Crippen LogP contribution in [0.15, 0.2) is 41.0 Å². The number of nitrogens with one attached hydrogen (secondary N) is 1. The molecule has 6 nitrogen and oxygen atoms in total. The lowest BCUT2D eigenvalue weighted by Crippen LogP contribution is -2.14. The molecule has 3 N–H and O–H groups in total. The highest BCUT2D eigenvalue weighted by molar-refractivity contribution is 9.10. The number of benzene rings is 1. The van der Waals surface area contributed by atoms with Crippen LogP contribution in [0, 0.1) is 0 Å². The third-order valence-electron chi connectivity index (χ3n) is 2.46. The molecule has 0 aliphatic carbocycles. The lowest BCUT2D eigenvalue weighted by atomic mass is 10.1. The third kappa shape index (κ3) is 2.94. The molecular weight excluding hydrogens is 328 g/mol. The number of carbonyl (C=O) groups is 2. The molecule has 0 radical (unpaired) electrons. The molecule has 0 saturated carbocycles. The first-order valence-corrected chi connectivity index (χ1v) is 6.26. The Morgan fingerprint density at radius 3 is 2.65 bits per heavy atom. The number of anilines is 1. The van der Waals surface area contributed by atoms with Crippen LogP contribution in [-0.4, -0.2) is 27.1 Å². The van der Waals surface area contributed by atoms with Gasteiger partial charge in [-0.1, -0.05) is 0 Å². The zero-order valence-electron chi connectivity index (χ0n) is 10.0. The molecule has 0 aliphatic rings. The van der Waals surface area contributed by atoms with Crippen LogP contribution in [0.25, 0.3) is 0 Å². The highest BCUT2D eigenvalue weighted by Gasteiger charge is 2.14. The van der Waals surface area contributed by atoms with Crippen molar-refractivity contribution in [1.29, 1.82) is 0 Å². The molecular formula is C13H9BrN2O4. The van der Waals surface area contributed by atoms with Crippen LogP contribution >= 0.6 is 15.9 Å². The molecule has 0 aliphatic heterocycles. The minimum absolute atomic E-state index is 0.178. The van der Waals surface area contributed by atoms with Gasteiger partial charge in [-0.25, -0.2) is 9.78 Å². The van der Waals surface area contributed by atoms with E-state index in [1.54, 1.807) is 12.1 Å². The van der Waals surface area contributed by atoms with Crippen molar-refractivity contribution in [2.24, 2.45) is 0 Å². The predicted molar refractivity (Wildman–Crippen MR) is 75.0 cm³/mol. The van der Waals surface area contributed by atoms with Gasteiger partial charge >= 0.3 is 5.97 Å². The number of hydrogen-bond acceptors (Lipinski definition) is 4. The minimum Gasteiger partial charge on any atom is -0.507 e. The van der Waals surface area contributed by atoms with E-state index < -0.39 is 11.9 Å². The monoisotopic (exact) mass is 336 g/mol. The molecule has 7 heteroatoms. The predicted octanol–water partition coefficient (Wildman–Crippen LogP) is 2.50. The molecule has 0 spiro atoms. The highest BCUT2D eigenvalue weighted by atomic mass is 79.9. The number of rotatable bonds is 3. The van der Waals surface area contributed by atoms with E-state index in [0.29, 0.717) is 4.47 Å². The van der Waals surface area contributed by atoms with Gasteiger partial charge in [-0.3, -0.25) is 4.79 Å². The van der Waals surface area contributed by atoms with Gasteiger partial charge in [0.1, 0.15) is 17.0 Å². The summed E-state index contributed by atoms with van der Waals surface area (Å²) >= 11 is 3.20. The summed E-state index contributed by atoms with van der Waals surface area (Å²) < 4.78 is 0.523. The number of aromatic nitrogens is 1. The third-order valence-corrected chi connectivity index (χ3v) is 3.10. The maximum absolute atomic E-state index is 12.0. The van der Waals surface area contributed by atoms with E-state index >= 15 is 0 Å². The number of amides is 1. The van der Waals surface area contributed by atoms with E-state index in [1.807, 2.05) is 0 Å². The summed E-state index contributed by atoms with van der Waals surface area (Å²) in [4.78, 5) is 26.8. The summed E-state index contributed by atoms with van der Waals surface area (Å²) in [7, 11) is 0. The Morgan fingerprint density at radius 1 is 1.25 bits per heavy atom. The number of nitrogens with zero attached hydrogens (tertiary/aromatic N) is 1. The molecule has 0 saturated heterocycles. The number of carbonyl (C=O) groups excluding carboxylic acids is 1. The van der Waals surface area contributed by atoms with Gasteiger partial charge < -0.3 is 15.5 Å². The molecule has 2 rings (SSSR count). The fourth-order valence-electron chi connectivity index (χ4n) is 1.53. The number of phenols is 1. The number of hydrogen-bond donors (Lipinski definition) is 3. The molecule has 20 heavy (non-hydrogen) atoms. The Bertz CT molecular complexity index is 688. The Kier molecular flexibility index (Phi) is 3.99. The summed E-state index contributed by atoms with van der Waals surface area (Å²) in [5.74, 6) is -2.13. The first kappa shape index (κ1) is 14.0. The lowest BCUT2D eigenvalue weighted by Gasteiger charge is -2.07. The number of aromatic hydroxyl groups is 1. The van der Waals surface area contributed by atoms with Crippen molar-refractivity contribution in [3.05, 3.63) is 52.3 Å². The van der Waals surface area contributed by atoms with E-state index in [9.17, 15) is 14.7 Å². The van der Waals surface area contributed by atoms with Crippen molar-refractivity contribution < 1.29 is 19.8 Å². The van der Waals surface area contributed by atoms with Crippen LogP contribution < -0.4 is 5.32 Å². The zero-order chi connectivity index (χ0) is 14.7. The van der Waals surface area contributed by atoms with Gasteiger partial charge in [0.2, 0.25) is 0 Å². The average Bonchev–Trinajstić information content (AvgIpc) is 2.41. The Balaban J connectivity index is 2.27. The van der Waals surface area contributed by atoms with Gasteiger partial charge in [-0.05, 0) is 46.3 Å². The van der Waals surface area contributed by atoms with Gasteiger partial charge in [-0.15, -0.1) is 0 Å². The molecule has 1 aromatic heterocycles. The SMILES string of the molecule is O=C(O)c1cc(NC(=O)c2ncccc2Br)ccc1O. The maximum Gasteiger partial charge on any atom is 0.339 e. The molecule has 1 amide bonds. The van der Waals surface area contributed by atoms with Crippen LogP contribution in [0.5, 0.6) is 5.75 Å².